The van der Waals surface area contributed by atoms with Crippen LogP contribution in [0.4, 0.5) is 5.69 Å². The summed E-state index contributed by atoms with van der Waals surface area (Å²) in [6.45, 7) is 12.7. The summed E-state index contributed by atoms with van der Waals surface area (Å²) in [4.78, 5) is 38.5. The first kappa shape index (κ1) is 22.5. The maximum absolute atomic E-state index is 12.9. The van der Waals surface area contributed by atoms with E-state index in [-0.39, 0.29) is 53.7 Å². The van der Waals surface area contributed by atoms with Crippen LogP contribution in [0.25, 0.3) is 0 Å². The average Bonchev–Trinajstić information content (AvgIpc) is 2.62. The highest BCUT2D eigenvalue weighted by Gasteiger charge is 2.47. The molecule has 1 saturated heterocycles. The van der Waals surface area contributed by atoms with Gasteiger partial charge in [-0.05, 0) is 43.3 Å². The van der Waals surface area contributed by atoms with Gasteiger partial charge in [-0.2, -0.15) is 0 Å². The van der Waals surface area contributed by atoms with Crippen molar-refractivity contribution < 1.29 is 23.5 Å². The molecule has 1 N–H and O–H groups in total. The Bertz CT molecular complexity index is 877. The molecule has 2 aliphatic heterocycles. The van der Waals surface area contributed by atoms with Crippen molar-refractivity contribution in [1.82, 2.24) is 5.32 Å². The summed E-state index contributed by atoms with van der Waals surface area (Å²) < 4.78 is 11.8. The molecular formula is C22H32N2O5Si. The number of fused-ring (bicyclic) bond motifs is 1. The highest BCUT2D eigenvalue weighted by Crippen LogP contribution is 2.39. The van der Waals surface area contributed by atoms with Gasteiger partial charge >= 0.3 is 0 Å². The molecule has 164 valence electrons. The number of ketones is 1. The van der Waals surface area contributed by atoms with E-state index in [0.29, 0.717) is 17.0 Å². The Balaban J connectivity index is 1.70. The van der Waals surface area contributed by atoms with E-state index in [1.807, 2.05) is 6.92 Å². The van der Waals surface area contributed by atoms with E-state index in [1.165, 1.54) is 4.90 Å². The van der Waals surface area contributed by atoms with Crippen LogP contribution >= 0.6 is 0 Å². The number of anilines is 1. The molecule has 30 heavy (non-hydrogen) atoms. The molecule has 0 aromatic heterocycles. The molecule has 1 fully saturated rings. The van der Waals surface area contributed by atoms with E-state index < -0.39 is 8.32 Å². The summed E-state index contributed by atoms with van der Waals surface area (Å²) in [6, 6.07) is 4.85. The second-order valence-corrected chi connectivity index (χ2v) is 14.5. The van der Waals surface area contributed by atoms with Crippen molar-refractivity contribution in [1.29, 1.82) is 0 Å². The number of likely N-dealkylation sites (N-methyl/N-ethyl adjacent to an activating group) is 1. The van der Waals surface area contributed by atoms with E-state index in [2.05, 4.69) is 39.2 Å². The first-order valence-electron chi connectivity index (χ1n) is 10.4. The lowest BCUT2D eigenvalue weighted by Crippen LogP contribution is -2.64. The minimum absolute atomic E-state index is 0.00129. The fourth-order valence-corrected chi connectivity index (χ4v) is 5.08. The first-order valence-corrected chi connectivity index (χ1v) is 13.3. The summed E-state index contributed by atoms with van der Waals surface area (Å²) in [7, 11) is -0.357. The Morgan fingerprint density at radius 1 is 1.33 bits per heavy atom. The van der Waals surface area contributed by atoms with Crippen LogP contribution in [0, 0.1) is 5.92 Å². The molecule has 0 spiro atoms. The standard InChI is InChI=1S/C22H32N2O5Si/c1-13(29-30(6,7)22(2,3)4)20-15(23-21(20)27)11-17(25)14-8-9-18-16(10-14)24(5)19(26)12-28-18/h8-10,13,15,20H,11-12H2,1-7H3,(H,23,27)/t13-,15+,20+/m0/s1. The highest BCUT2D eigenvalue weighted by atomic mass is 28.4. The molecule has 2 amide bonds. The third kappa shape index (κ3) is 4.16. The number of carbonyl (C=O) groups is 3. The molecule has 3 rings (SSSR count). The molecule has 0 aliphatic carbocycles. The zero-order chi connectivity index (χ0) is 22.4. The largest absolute Gasteiger partial charge is 0.482 e. The third-order valence-corrected chi connectivity index (χ3v) is 11.2. The minimum atomic E-state index is -2.02. The molecule has 3 atom stereocenters. The SMILES string of the molecule is C[C@H](O[Si](C)(C)C(C)(C)C)[C@H]1C(=O)N[C@@H]1CC(=O)c1ccc2c(c1)N(C)C(=O)CO2. The number of β-lactam (4-membered cyclic amide) rings is 1. The van der Waals surface area contributed by atoms with E-state index >= 15 is 0 Å². The Kier molecular flexibility index (Phi) is 5.86. The number of Topliss-reactive ketones (excluding diaryl/α,β-unsaturated/α-hetero) is 1. The predicted molar refractivity (Wildman–Crippen MR) is 117 cm³/mol. The number of nitrogens with zero attached hydrogens (tertiary/aromatic N) is 1. The van der Waals surface area contributed by atoms with Crippen LogP contribution in [0.3, 0.4) is 0 Å². The van der Waals surface area contributed by atoms with Gasteiger partial charge in [0.25, 0.3) is 5.91 Å². The Labute approximate surface area is 179 Å². The fraction of sp³-hybridized carbons (Fsp3) is 0.591. The van der Waals surface area contributed by atoms with Crippen molar-refractivity contribution in [3.05, 3.63) is 23.8 Å². The van der Waals surface area contributed by atoms with Gasteiger partial charge in [0.1, 0.15) is 5.75 Å². The van der Waals surface area contributed by atoms with Crippen LogP contribution in [0.2, 0.25) is 18.1 Å². The van der Waals surface area contributed by atoms with Crippen molar-refractivity contribution in [3.8, 4) is 5.75 Å². The number of nitrogens with one attached hydrogen (secondary N) is 1. The smallest absolute Gasteiger partial charge is 0.264 e. The van der Waals surface area contributed by atoms with Gasteiger partial charge in [-0.15, -0.1) is 0 Å². The zero-order valence-electron chi connectivity index (χ0n) is 18.9. The molecular weight excluding hydrogens is 400 g/mol. The normalized spacial score (nSPS) is 22.6. The number of carbonyl (C=O) groups excluding carboxylic acids is 3. The van der Waals surface area contributed by atoms with Crippen molar-refractivity contribution in [3.63, 3.8) is 0 Å². The molecule has 8 heteroatoms. The molecule has 1 aromatic rings. The Hall–Kier alpha value is -2.19. The average molecular weight is 433 g/mol. The van der Waals surface area contributed by atoms with Crippen molar-refractivity contribution in [2.45, 2.75) is 64.4 Å². The molecule has 0 radical (unpaired) electrons. The lowest BCUT2D eigenvalue weighted by atomic mass is 9.82. The van der Waals surface area contributed by atoms with Gasteiger partial charge in [-0.1, -0.05) is 20.8 Å². The van der Waals surface area contributed by atoms with E-state index in [1.54, 1.807) is 25.2 Å². The number of benzene rings is 1. The monoisotopic (exact) mass is 432 g/mol. The van der Waals surface area contributed by atoms with E-state index in [9.17, 15) is 14.4 Å². The lowest BCUT2D eigenvalue weighted by molar-refractivity contribution is -0.139. The number of hydrogen-bond donors (Lipinski definition) is 1. The Morgan fingerprint density at radius 2 is 2.00 bits per heavy atom. The van der Waals surface area contributed by atoms with E-state index in [4.69, 9.17) is 9.16 Å². The van der Waals surface area contributed by atoms with Gasteiger partial charge in [0.2, 0.25) is 5.91 Å². The van der Waals surface area contributed by atoms with Gasteiger partial charge in [0, 0.05) is 19.0 Å². The molecule has 0 bridgehead atoms. The van der Waals surface area contributed by atoms with Crippen LogP contribution in [0.5, 0.6) is 5.75 Å². The van der Waals surface area contributed by atoms with Crippen molar-refractivity contribution in [2.24, 2.45) is 5.92 Å². The van der Waals surface area contributed by atoms with Crippen molar-refractivity contribution >= 4 is 31.6 Å². The summed E-state index contributed by atoms with van der Waals surface area (Å²) in [5, 5.41) is 2.91. The minimum Gasteiger partial charge on any atom is -0.482 e. The number of amides is 2. The van der Waals surface area contributed by atoms with E-state index in [0.717, 1.165) is 0 Å². The highest BCUT2D eigenvalue weighted by molar-refractivity contribution is 6.74. The second-order valence-electron chi connectivity index (χ2n) is 9.78. The molecule has 1 aromatic carbocycles. The molecule has 0 saturated carbocycles. The molecule has 2 heterocycles. The fourth-order valence-electron chi connectivity index (χ4n) is 3.65. The Morgan fingerprint density at radius 3 is 2.60 bits per heavy atom. The topological polar surface area (TPSA) is 84.9 Å². The van der Waals surface area contributed by atoms with Gasteiger partial charge in [0.05, 0.1) is 23.8 Å². The summed E-state index contributed by atoms with van der Waals surface area (Å²) >= 11 is 0. The maximum Gasteiger partial charge on any atom is 0.264 e. The quantitative estimate of drug-likeness (QED) is 0.424. The number of ether oxygens (including phenoxy) is 1. The molecule has 7 nitrogen and oxygen atoms in total. The van der Waals surface area contributed by atoms with Crippen LogP contribution in [0.15, 0.2) is 18.2 Å². The summed E-state index contributed by atoms with van der Waals surface area (Å²) in [6.07, 6.45) is -0.0584. The van der Waals surface area contributed by atoms with Crippen LogP contribution < -0.4 is 15.0 Å². The number of hydrogen-bond acceptors (Lipinski definition) is 5. The molecule has 0 unspecified atom stereocenters. The van der Waals surface area contributed by atoms with Gasteiger partial charge in [0.15, 0.2) is 20.7 Å². The lowest BCUT2D eigenvalue weighted by Gasteiger charge is -2.45. The first-order chi connectivity index (χ1) is 13.8. The van der Waals surface area contributed by atoms with Crippen LogP contribution in [0.1, 0.15) is 44.5 Å². The maximum atomic E-state index is 12.9. The second kappa shape index (κ2) is 7.81. The predicted octanol–water partition coefficient (Wildman–Crippen LogP) is 3.14. The van der Waals surface area contributed by atoms with Gasteiger partial charge in [-0.3, -0.25) is 14.4 Å². The summed E-state index contributed by atoms with van der Waals surface area (Å²) in [5.74, 6) is -0.0647. The summed E-state index contributed by atoms with van der Waals surface area (Å²) in [5.41, 5.74) is 1.08. The third-order valence-electron chi connectivity index (χ3n) is 6.63. The van der Waals surface area contributed by atoms with Crippen molar-refractivity contribution in [2.75, 3.05) is 18.6 Å². The zero-order valence-corrected chi connectivity index (χ0v) is 19.9. The van der Waals surface area contributed by atoms with Gasteiger partial charge < -0.3 is 19.4 Å². The van der Waals surface area contributed by atoms with Crippen LogP contribution in [-0.4, -0.2) is 51.7 Å². The molecule has 2 aliphatic rings. The van der Waals surface area contributed by atoms with Crippen LogP contribution in [-0.2, 0) is 14.0 Å². The number of rotatable bonds is 6. The van der Waals surface area contributed by atoms with Gasteiger partial charge in [-0.25, -0.2) is 0 Å².